The summed E-state index contributed by atoms with van der Waals surface area (Å²) in [6, 6.07) is 1.01. The van der Waals surface area contributed by atoms with Crippen molar-refractivity contribution in [1.82, 2.24) is 0 Å². The number of carbonyl (C=O) groups is 1. The molecular weight excluding hydrogens is 378 g/mol. The molecule has 0 radical (unpaired) electrons. The van der Waals surface area contributed by atoms with Crippen LogP contribution in [0.25, 0.3) is 0 Å². The SMILES string of the molecule is O=C(CC(F)(F)F)Nc1cc(SC(F)(F)F)c(Cl)cc1[N+](=O)[O-]. The minimum Gasteiger partial charge on any atom is -0.320 e. The lowest BCUT2D eigenvalue weighted by Crippen LogP contribution is -2.21. The third-order valence-electron chi connectivity index (χ3n) is 2.11. The number of thioether (sulfide) groups is 1. The maximum Gasteiger partial charge on any atom is 0.446 e. The number of alkyl halides is 6. The number of benzene rings is 1. The Labute approximate surface area is 133 Å². The molecule has 0 aromatic heterocycles. The Bertz CT molecular complexity index is 634. The Morgan fingerprint density at radius 2 is 1.83 bits per heavy atom. The second-order valence-electron chi connectivity index (χ2n) is 3.94. The van der Waals surface area contributed by atoms with Gasteiger partial charge in [-0.2, -0.15) is 26.3 Å². The van der Waals surface area contributed by atoms with Crippen molar-refractivity contribution in [3.8, 4) is 0 Å². The van der Waals surface area contributed by atoms with Crippen LogP contribution in [0.3, 0.4) is 0 Å². The summed E-state index contributed by atoms with van der Waals surface area (Å²) in [6.07, 6.45) is -6.83. The highest BCUT2D eigenvalue weighted by Gasteiger charge is 2.34. The number of amides is 1. The van der Waals surface area contributed by atoms with Crippen molar-refractivity contribution in [1.29, 1.82) is 0 Å². The van der Waals surface area contributed by atoms with E-state index in [0.717, 1.165) is 0 Å². The summed E-state index contributed by atoms with van der Waals surface area (Å²) in [5.41, 5.74) is -6.54. The molecule has 0 atom stereocenters. The zero-order valence-corrected chi connectivity index (χ0v) is 12.2. The van der Waals surface area contributed by atoms with Gasteiger partial charge < -0.3 is 5.32 Å². The Morgan fingerprint density at radius 1 is 1.26 bits per heavy atom. The van der Waals surface area contributed by atoms with Crippen molar-refractivity contribution >= 4 is 40.6 Å². The van der Waals surface area contributed by atoms with Crippen LogP contribution in [0.15, 0.2) is 17.0 Å². The second-order valence-corrected chi connectivity index (χ2v) is 5.46. The zero-order chi connectivity index (χ0) is 18.0. The summed E-state index contributed by atoms with van der Waals surface area (Å²) in [4.78, 5) is 20.1. The molecule has 5 nitrogen and oxygen atoms in total. The van der Waals surface area contributed by atoms with E-state index in [1.807, 2.05) is 0 Å². The summed E-state index contributed by atoms with van der Waals surface area (Å²) in [5.74, 6) is -1.66. The van der Waals surface area contributed by atoms with E-state index in [0.29, 0.717) is 12.1 Å². The number of nitro groups is 1. The minimum absolute atomic E-state index is 0.493. The van der Waals surface area contributed by atoms with Crippen molar-refractivity contribution < 1.29 is 36.1 Å². The van der Waals surface area contributed by atoms with Crippen LogP contribution in [0.4, 0.5) is 37.7 Å². The molecule has 128 valence electrons. The standard InChI is InChI=1S/C10H5ClF6N2O3S/c11-4-1-6(19(21)22)5(2-7(4)23-10(15,16)17)18-8(20)3-9(12,13)14/h1-2H,3H2,(H,18,20). The highest BCUT2D eigenvalue weighted by Crippen LogP contribution is 2.43. The molecule has 0 aliphatic rings. The van der Waals surface area contributed by atoms with Crippen LogP contribution in [0.1, 0.15) is 6.42 Å². The molecule has 0 saturated carbocycles. The van der Waals surface area contributed by atoms with Crippen molar-refractivity contribution in [2.75, 3.05) is 5.32 Å². The van der Waals surface area contributed by atoms with Crippen LogP contribution in [-0.2, 0) is 4.79 Å². The number of anilines is 1. The van der Waals surface area contributed by atoms with E-state index < -0.39 is 62.0 Å². The summed E-state index contributed by atoms with van der Waals surface area (Å²) >= 11 is 4.75. The number of nitrogens with one attached hydrogen (secondary N) is 1. The minimum atomic E-state index is -4.88. The predicted molar refractivity (Wildman–Crippen MR) is 69.3 cm³/mol. The lowest BCUT2D eigenvalue weighted by molar-refractivity contribution is -0.384. The first-order chi connectivity index (χ1) is 10.3. The van der Waals surface area contributed by atoms with Gasteiger partial charge in [0.1, 0.15) is 12.1 Å². The summed E-state index contributed by atoms with van der Waals surface area (Å²) in [6.45, 7) is 0. The third-order valence-corrected chi connectivity index (χ3v) is 3.32. The summed E-state index contributed by atoms with van der Waals surface area (Å²) in [5, 5.41) is 11.7. The van der Waals surface area contributed by atoms with E-state index in [1.54, 1.807) is 5.32 Å². The molecule has 0 fully saturated rings. The van der Waals surface area contributed by atoms with Gasteiger partial charge in [0.25, 0.3) is 5.69 Å². The van der Waals surface area contributed by atoms with Gasteiger partial charge in [0.2, 0.25) is 5.91 Å². The van der Waals surface area contributed by atoms with Gasteiger partial charge in [-0.05, 0) is 17.8 Å². The van der Waals surface area contributed by atoms with Crippen LogP contribution in [0, 0.1) is 10.1 Å². The molecule has 1 amide bonds. The third kappa shape index (κ3) is 6.52. The van der Waals surface area contributed by atoms with Crippen LogP contribution in [0.2, 0.25) is 5.02 Å². The molecule has 1 aromatic rings. The van der Waals surface area contributed by atoms with E-state index in [9.17, 15) is 41.3 Å². The molecule has 1 rings (SSSR count). The van der Waals surface area contributed by atoms with Gasteiger partial charge in [-0.15, -0.1) is 0 Å². The second kappa shape index (κ2) is 6.83. The average Bonchev–Trinajstić information content (AvgIpc) is 2.28. The monoisotopic (exact) mass is 382 g/mol. The van der Waals surface area contributed by atoms with Crippen molar-refractivity contribution in [2.45, 2.75) is 23.0 Å². The molecule has 23 heavy (non-hydrogen) atoms. The number of nitro benzene ring substituents is 1. The van der Waals surface area contributed by atoms with Crippen LogP contribution < -0.4 is 5.32 Å². The summed E-state index contributed by atoms with van der Waals surface area (Å²) in [7, 11) is 0. The number of hydrogen-bond acceptors (Lipinski definition) is 4. The fourth-order valence-corrected chi connectivity index (χ4v) is 2.23. The van der Waals surface area contributed by atoms with E-state index in [2.05, 4.69) is 0 Å². The summed E-state index contributed by atoms with van der Waals surface area (Å²) < 4.78 is 73.2. The van der Waals surface area contributed by atoms with Gasteiger partial charge in [0, 0.05) is 11.0 Å². The van der Waals surface area contributed by atoms with Crippen LogP contribution >= 0.6 is 23.4 Å². The molecule has 0 saturated heterocycles. The molecule has 1 aromatic carbocycles. The molecule has 0 unspecified atom stereocenters. The van der Waals surface area contributed by atoms with E-state index in [4.69, 9.17) is 11.6 Å². The van der Waals surface area contributed by atoms with E-state index in [-0.39, 0.29) is 0 Å². The van der Waals surface area contributed by atoms with E-state index in [1.165, 1.54) is 0 Å². The van der Waals surface area contributed by atoms with Gasteiger partial charge in [0.05, 0.1) is 9.95 Å². The fraction of sp³-hybridized carbons (Fsp3) is 0.300. The molecule has 0 bridgehead atoms. The van der Waals surface area contributed by atoms with Gasteiger partial charge in [-0.25, -0.2) is 0 Å². The lowest BCUT2D eigenvalue weighted by atomic mass is 10.2. The average molecular weight is 383 g/mol. The van der Waals surface area contributed by atoms with Gasteiger partial charge in [-0.3, -0.25) is 14.9 Å². The maximum atomic E-state index is 12.3. The highest BCUT2D eigenvalue weighted by atomic mass is 35.5. The van der Waals surface area contributed by atoms with Gasteiger partial charge in [-0.1, -0.05) is 11.6 Å². The topological polar surface area (TPSA) is 72.2 Å². The van der Waals surface area contributed by atoms with Crippen LogP contribution in [-0.4, -0.2) is 22.5 Å². The molecule has 13 heteroatoms. The fourth-order valence-electron chi connectivity index (χ4n) is 1.37. The first-order valence-electron chi connectivity index (χ1n) is 5.39. The van der Waals surface area contributed by atoms with Crippen molar-refractivity contribution in [3.63, 3.8) is 0 Å². The smallest absolute Gasteiger partial charge is 0.320 e. The largest absolute Gasteiger partial charge is 0.446 e. The number of carbonyl (C=O) groups excluding carboxylic acids is 1. The number of halogens is 7. The maximum absolute atomic E-state index is 12.3. The van der Waals surface area contributed by atoms with Crippen molar-refractivity contribution in [3.05, 3.63) is 27.3 Å². The normalized spacial score (nSPS) is 12.1. The van der Waals surface area contributed by atoms with Gasteiger partial charge >= 0.3 is 11.7 Å². The van der Waals surface area contributed by atoms with E-state index >= 15 is 0 Å². The molecule has 1 N–H and O–H groups in total. The molecule has 0 spiro atoms. The Hall–Kier alpha value is -1.69. The zero-order valence-electron chi connectivity index (χ0n) is 10.6. The quantitative estimate of drug-likeness (QED) is 0.353. The molecule has 0 heterocycles. The Kier molecular flexibility index (Phi) is 5.74. The molecule has 0 aliphatic carbocycles. The molecular formula is C10H5ClF6N2O3S. The van der Waals surface area contributed by atoms with Crippen LogP contribution in [0.5, 0.6) is 0 Å². The first kappa shape index (κ1) is 19.4. The lowest BCUT2D eigenvalue weighted by Gasteiger charge is -2.12. The highest BCUT2D eigenvalue weighted by molar-refractivity contribution is 8.00. The molecule has 0 aliphatic heterocycles. The Morgan fingerprint density at radius 3 is 2.26 bits per heavy atom. The Balaban J connectivity index is 3.19. The predicted octanol–water partition coefficient (Wildman–Crippen LogP) is 4.75. The first-order valence-corrected chi connectivity index (χ1v) is 6.58. The van der Waals surface area contributed by atoms with Crippen molar-refractivity contribution in [2.24, 2.45) is 0 Å². The number of hydrogen-bond donors (Lipinski definition) is 1. The number of nitrogens with zero attached hydrogens (tertiary/aromatic N) is 1. The van der Waals surface area contributed by atoms with Gasteiger partial charge in [0.15, 0.2) is 0 Å². The number of rotatable bonds is 4.